The molecule has 1 aromatic rings. The average molecular weight is 278 g/mol. The molecule has 0 atom stereocenters. The quantitative estimate of drug-likeness (QED) is 0.844. The number of methoxy groups -OCH3 is 1. The van der Waals surface area contributed by atoms with Crippen LogP contribution >= 0.6 is 0 Å². The first-order valence-electron chi connectivity index (χ1n) is 5.29. The van der Waals surface area contributed by atoms with Gasteiger partial charge in [-0.2, -0.15) is 0 Å². The van der Waals surface area contributed by atoms with E-state index in [2.05, 4.69) is 14.5 Å². The van der Waals surface area contributed by atoms with Crippen molar-refractivity contribution in [3.63, 3.8) is 0 Å². The Labute approximate surface area is 107 Å². The number of carbonyl (C=O) groups is 1. The topological polar surface area (TPSA) is 74.4 Å². The molecule has 5 nitrogen and oxygen atoms in total. The van der Waals surface area contributed by atoms with E-state index < -0.39 is 24.5 Å². The van der Waals surface area contributed by atoms with Crippen LogP contribution in [0.5, 0.6) is 5.75 Å². The number of carbonyl (C=O) groups excluding carboxylic acids is 1. The second-order valence-corrected chi connectivity index (χ2v) is 3.68. The monoisotopic (exact) mass is 278 g/mol. The van der Waals surface area contributed by atoms with E-state index in [1.54, 1.807) is 6.92 Å². The molecule has 0 amide bonds. The lowest BCUT2D eigenvalue weighted by atomic mass is 10.1. The largest absolute Gasteiger partial charge is 0.573 e. The molecule has 0 spiro atoms. The summed E-state index contributed by atoms with van der Waals surface area (Å²) < 4.78 is 45.1. The van der Waals surface area contributed by atoms with Crippen LogP contribution in [0.25, 0.3) is 0 Å². The zero-order valence-corrected chi connectivity index (χ0v) is 10.4. The summed E-state index contributed by atoms with van der Waals surface area (Å²) in [5, 5.41) is 0. The van der Waals surface area contributed by atoms with Gasteiger partial charge in [0.1, 0.15) is 0 Å². The number of alkyl halides is 3. The van der Waals surface area contributed by atoms with E-state index in [-0.39, 0.29) is 12.2 Å². The van der Waals surface area contributed by atoms with Crippen LogP contribution in [0, 0.1) is 6.92 Å². The van der Waals surface area contributed by atoms with Gasteiger partial charge in [-0.1, -0.05) is 0 Å². The molecule has 8 heteroatoms. The van der Waals surface area contributed by atoms with Crippen molar-refractivity contribution in [1.29, 1.82) is 0 Å². The maximum Gasteiger partial charge on any atom is 0.573 e. The normalized spacial score (nSPS) is 11.3. The molecule has 0 saturated carbocycles. The molecule has 0 unspecified atom stereocenters. The van der Waals surface area contributed by atoms with E-state index in [1.807, 2.05) is 0 Å². The van der Waals surface area contributed by atoms with Crippen molar-refractivity contribution < 1.29 is 27.4 Å². The number of ether oxygens (including phenoxy) is 2. The first-order valence-corrected chi connectivity index (χ1v) is 5.29. The van der Waals surface area contributed by atoms with Gasteiger partial charge in [0.15, 0.2) is 5.75 Å². The summed E-state index contributed by atoms with van der Waals surface area (Å²) in [4.78, 5) is 15.1. The highest BCUT2D eigenvalue weighted by Crippen LogP contribution is 2.27. The molecule has 2 N–H and O–H groups in total. The number of aryl methyl sites for hydroxylation is 1. The van der Waals surface area contributed by atoms with Gasteiger partial charge in [-0.3, -0.25) is 9.78 Å². The number of aromatic nitrogens is 1. The summed E-state index contributed by atoms with van der Waals surface area (Å²) >= 11 is 0. The summed E-state index contributed by atoms with van der Waals surface area (Å²) in [7, 11) is 1.13. The van der Waals surface area contributed by atoms with E-state index in [9.17, 15) is 18.0 Å². The average Bonchev–Trinajstić information content (AvgIpc) is 2.30. The first kappa shape index (κ1) is 15.2. The third-order valence-electron chi connectivity index (χ3n) is 2.34. The molecular formula is C11H13F3N2O3. The highest BCUT2D eigenvalue weighted by molar-refractivity contribution is 5.72. The number of halogens is 3. The van der Waals surface area contributed by atoms with E-state index in [0.29, 0.717) is 11.3 Å². The highest BCUT2D eigenvalue weighted by Gasteiger charge is 2.33. The van der Waals surface area contributed by atoms with Crippen molar-refractivity contribution in [2.75, 3.05) is 7.11 Å². The summed E-state index contributed by atoms with van der Waals surface area (Å²) in [6.45, 7) is 1.60. The molecule has 0 aliphatic rings. The van der Waals surface area contributed by atoms with Gasteiger partial charge in [-0.25, -0.2) is 0 Å². The van der Waals surface area contributed by atoms with Crippen LogP contribution in [0.4, 0.5) is 13.2 Å². The zero-order chi connectivity index (χ0) is 14.6. The van der Waals surface area contributed by atoms with Gasteiger partial charge in [0.25, 0.3) is 0 Å². The number of pyridine rings is 1. The number of nitrogens with two attached hydrogens (primary N) is 1. The molecule has 1 rings (SSSR count). The van der Waals surface area contributed by atoms with Gasteiger partial charge in [0.05, 0.1) is 19.2 Å². The summed E-state index contributed by atoms with van der Waals surface area (Å²) in [6.07, 6.45) is -5.28. The maximum absolute atomic E-state index is 12.3. The van der Waals surface area contributed by atoms with Crippen molar-refractivity contribution in [2.24, 2.45) is 5.73 Å². The predicted octanol–water partition coefficient (Wildman–Crippen LogP) is 1.46. The van der Waals surface area contributed by atoms with E-state index in [1.165, 1.54) is 0 Å². The van der Waals surface area contributed by atoms with Crippen molar-refractivity contribution in [3.05, 3.63) is 23.0 Å². The summed E-state index contributed by atoms with van der Waals surface area (Å²) in [5.74, 6) is -1.25. The Kier molecular flexibility index (Phi) is 4.71. The molecular weight excluding hydrogens is 265 g/mol. The molecule has 0 fully saturated rings. The minimum absolute atomic E-state index is 0.0194. The molecule has 19 heavy (non-hydrogen) atoms. The standard InChI is InChI=1S/C11H13F3N2O3/c1-6-7(5-15)3-9(19-11(12,13)14)8(16-6)4-10(17)18-2/h3H,4-5,15H2,1-2H3. The molecule has 0 aliphatic heterocycles. The van der Waals surface area contributed by atoms with Crippen molar-refractivity contribution in [2.45, 2.75) is 26.3 Å². The fourth-order valence-electron chi connectivity index (χ4n) is 1.43. The van der Waals surface area contributed by atoms with Crippen LogP contribution < -0.4 is 10.5 Å². The molecule has 106 valence electrons. The van der Waals surface area contributed by atoms with Crippen molar-refractivity contribution in [3.8, 4) is 5.75 Å². The van der Waals surface area contributed by atoms with Crippen LogP contribution in [0.3, 0.4) is 0 Å². The molecule has 0 radical (unpaired) electrons. The van der Waals surface area contributed by atoms with Gasteiger partial charge in [0, 0.05) is 12.2 Å². The Morgan fingerprint density at radius 3 is 2.58 bits per heavy atom. The third-order valence-corrected chi connectivity index (χ3v) is 2.34. The smallest absolute Gasteiger partial charge is 0.469 e. The third kappa shape index (κ3) is 4.40. The molecule has 0 aliphatic carbocycles. The Balaban J connectivity index is 3.18. The SMILES string of the molecule is COC(=O)Cc1nc(C)c(CN)cc1OC(F)(F)F. The van der Waals surface area contributed by atoms with Gasteiger partial charge >= 0.3 is 12.3 Å². The van der Waals surface area contributed by atoms with Crippen LogP contribution in [0.2, 0.25) is 0 Å². The number of esters is 1. The van der Waals surface area contributed by atoms with E-state index >= 15 is 0 Å². The lowest BCUT2D eigenvalue weighted by Gasteiger charge is -2.14. The van der Waals surface area contributed by atoms with Crippen LogP contribution in [0.1, 0.15) is 17.0 Å². The van der Waals surface area contributed by atoms with E-state index in [0.717, 1.165) is 13.2 Å². The second-order valence-electron chi connectivity index (χ2n) is 3.68. The van der Waals surface area contributed by atoms with Gasteiger partial charge in [-0.05, 0) is 18.6 Å². The minimum atomic E-state index is -4.87. The van der Waals surface area contributed by atoms with E-state index in [4.69, 9.17) is 5.73 Å². The molecule has 0 bridgehead atoms. The van der Waals surface area contributed by atoms with Crippen molar-refractivity contribution in [1.82, 2.24) is 4.98 Å². The van der Waals surface area contributed by atoms with Gasteiger partial charge in [0.2, 0.25) is 0 Å². The van der Waals surface area contributed by atoms with Crippen LogP contribution in [-0.4, -0.2) is 24.4 Å². The Hall–Kier alpha value is -1.83. The number of hydrogen-bond donors (Lipinski definition) is 1. The minimum Gasteiger partial charge on any atom is -0.469 e. The fourth-order valence-corrected chi connectivity index (χ4v) is 1.43. The summed E-state index contributed by atoms with van der Waals surface area (Å²) in [6, 6.07) is 1.13. The van der Waals surface area contributed by atoms with Crippen molar-refractivity contribution >= 4 is 5.97 Å². The molecule has 1 aromatic heterocycles. The van der Waals surface area contributed by atoms with Crippen LogP contribution in [-0.2, 0) is 22.5 Å². The summed E-state index contributed by atoms with van der Waals surface area (Å²) in [5.41, 5.74) is 6.10. The Bertz CT molecular complexity index is 475. The second kappa shape index (κ2) is 5.87. The number of nitrogens with zero attached hydrogens (tertiary/aromatic N) is 1. The molecule has 1 heterocycles. The maximum atomic E-state index is 12.3. The Morgan fingerprint density at radius 1 is 1.47 bits per heavy atom. The molecule has 0 saturated heterocycles. The highest BCUT2D eigenvalue weighted by atomic mass is 19.4. The Morgan fingerprint density at radius 2 is 2.11 bits per heavy atom. The first-order chi connectivity index (χ1) is 8.76. The number of rotatable bonds is 4. The molecule has 0 aromatic carbocycles. The number of hydrogen-bond acceptors (Lipinski definition) is 5. The van der Waals surface area contributed by atoms with Gasteiger partial charge in [-0.15, -0.1) is 13.2 Å². The fraction of sp³-hybridized carbons (Fsp3) is 0.455. The zero-order valence-electron chi connectivity index (χ0n) is 10.4. The van der Waals surface area contributed by atoms with Crippen LogP contribution in [0.15, 0.2) is 6.07 Å². The predicted molar refractivity (Wildman–Crippen MR) is 59.3 cm³/mol. The van der Waals surface area contributed by atoms with Gasteiger partial charge < -0.3 is 15.2 Å². The lowest BCUT2D eigenvalue weighted by molar-refractivity contribution is -0.275. The lowest BCUT2D eigenvalue weighted by Crippen LogP contribution is -2.20.